The highest BCUT2D eigenvalue weighted by Crippen LogP contribution is 2.17. The van der Waals surface area contributed by atoms with Gasteiger partial charge in [0.1, 0.15) is 0 Å². The summed E-state index contributed by atoms with van der Waals surface area (Å²) in [6.45, 7) is 4.70. The molecule has 1 N–H and O–H groups in total. The van der Waals surface area contributed by atoms with Gasteiger partial charge >= 0.3 is 0 Å². The largest absolute Gasteiger partial charge is 0.335 e. The third kappa shape index (κ3) is 3.88. The summed E-state index contributed by atoms with van der Waals surface area (Å²) < 4.78 is 0. The molecule has 1 heterocycles. The highest BCUT2D eigenvalue weighted by atomic mass is 35.5. The van der Waals surface area contributed by atoms with Crippen molar-refractivity contribution in [3.63, 3.8) is 0 Å². The van der Waals surface area contributed by atoms with Gasteiger partial charge in [0.2, 0.25) is 5.91 Å². The summed E-state index contributed by atoms with van der Waals surface area (Å²) in [6, 6.07) is 7.82. The summed E-state index contributed by atoms with van der Waals surface area (Å²) in [4.78, 5) is 14.4. The lowest BCUT2D eigenvalue weighted by Gasteiger charge is -2.29. The number of carbonyl (C=O) groups excluding carboxylic acids is 1. The number of benzene rings is 1. The Labute approximate surface area is 123 Å². The van der Waals surface area contributed by atoms with Crippen molar-refractivity contribution in [3.05, 3.63) is 34.9 Å². The summed E-state index contributed by atoms with van der Waals surface area (Å²) in [6.07, 6.45) is 0. The SMILES string of the molecule is CC(C)N(Cc1cccc(Cl)c1)C(=O)C1CSCN1. The van der Waals surface area contributed by atoms with Crippen LogP contribution in [0, 0.1) is 0 Å². The van der Waals surface area contributed by atoms with E-state index in [-0.39, 0.29) is 18.0 Å². The minimum absolute atomic E-state index is 0.0495. The van der Waals surface area contributed by atoms with Crippen molar-refractivity contribution in [2.45, 2.75) is 32.5 Å². The van der Waals surface area contributed by atoms with Crippen LogP contribution in [0.1, 0.15) is 19.4 Å². The molecule has 0 spiro atoms. The van der Waals surface area contributed by atoms with Crippen molar-refractivity contribution in [2.75, 3.05) is 11.6 Å². The molecule has 1 atom stereocenters. The Morgan fingerprint density at radius 3 is 2.95 bits per heavy atom. The number of hydrogen-bond acceptors (Lipinski definition) is 3. The second kappa shape index (κ2) is 6.64. The van der Waals surface area contributed by atoms with Crippen LogP contribution in [-0.4, -0.2) is 34.5 Å². The van der Waals surface area contributed by atoms with Crippen LogP contribution in [-0.2, 0) is 11.3 Å². The Morgan fingerprint density at radius 2 is 2.37 bits per heavy atom. The summed E-state index contributed by atoms with van der Waals surface area (Å²) >= 11 is 7.76. The van der Waals surface area contributed by atoms with Crippen LogP contribution in [0.4, 0.5) is 0 Å². The fourth-order valence-corrected chi connectivity index (χ4v) is 3.25. The van der Waals surface area contributed by atoms with Crippen LogP contribution < -0.4 is 5.32 Å². The maximum atomic E-state index is 12.5. The first-order valence-corrected chi connectivity index (χ1v) is 7.97. The number of halogens is 1. The van der Waals surface area contributed by atoms with Crippen molar-refractivity contribution in [3.8, 4) is 0 Å². The van der Waals surface area contributed by atoms with Crippen molar-refractivity contribution in [2.24, 2.45) is 0 Å². The van der Waals surface area contributed by atoms with E-state index in [0.717, 1.165) is 17.2 Å². The summed E-state index contributed by atoms with van der Waals surface area (Å²) in [7, 11) is 0. The summed E-state index contributed by atoms with van der Waals surface area (Å²) in [5.74, 6) is 1.90. The maximum Gasteiger partial charge on any atom is 0.241 e. The van der Waals surface area contributed by atoms with Crippen molar-refractivity contribution in [1.29, 1.82) is 0 Å². The lowest BCUT2D eigenvalue weighted by Crippen LogP contribution is -2.47. The number of amides is 1. The van der Waals surface area contributed by atoms with Gasteiger partial charge in [-0.3, -0.25) is 10.1 Å². The fourth-order valence-electron chi connectivity index (χ4n) is 2.10. The van der Waals surface area contributed by atoms with Gasteiger partial charge in [-0.05, 0) is 31.5 Å². The quantitative estimate of drug-likeness (QED) is 0.928. The molecule has 1 amide bonds. The van der Waals surface area contributed by atoms with Gasteiger partial charge in [-0.2, -0.15) is 0 Å². The molecule has 1 fully saturated rings. The molecule has 1 aliphatic heterocycles. The Balaban J connectivity index is 2.09. The minimum atomic E-state index is -0.0495. The van der Waals surface area contributed by atoms with Gasteiger partial charge in [-0.25, -0.2) is 0 Å². The van der Waals surface area contributed by atoms with Gasteiger partial charge in [0.25, 0.3) is 0 Å². The van der Waals surface area contributed by atoms with Gasteiger partial charge in [-0.15, -0.1) is 11.8 Å². The van der Waals surface area contributed by atoms with E-state index in [4.69, 9.17) is 11.6 Å². The standard InChI is InChI=1S/C14H19ClN2OS/c1-10(2)17(14(18)13-8-19-9-16-13)7-11-4-3-5-12(15)6-11/h3-6,10,13,16H,7-9H2,1-2H3. The average Bonchev–Trinajstić information content (AvgIpc) is 2.88. The van der Waals surface area contributed by atoms with Gasteiger partial charge in [-0.1, -0.05) is 23.7 Å². The molecule has 0 radical (unpaired) electrons. The van der Waals surface area contributed by atoms with E-state index in [9.17, 15) is 4.79 Å². The molecule has 5 heteroatoms. The van der Waals surface area contributed by atoms with E-state index in [1.807, 2.05) is 43.0 Å². The topological polar surface area (TPSA) is 32.3 Å². The zero-order valence-corrected chi connectivity index (χ0v) is 12.8. The Bertz CT molecular complexity index is 447. The molecule has 0 bridgehead atoms. The first-order chi connectivity index (χ1) is 9.08. The zero-order chi connectivity index (χ0) is 13.8. The zero-order valence-electron chi connectivity index (χ0n) is 11.2. The lowest BCUT2D eigenvalue weighted by atomic mass is 10.1. The fraction of sp³-hybridized carbons (Fsp3) is 0.500. The van der Waals surface area contributed by atoms with Crippen LogP contribution in [0.3, 0.4) is 0 Å². The first-order valence-electron chi connectivity index (χ1n) is 6.44. The van der Waals surface area contributed by atoms with Crippen LogP contribution in [0.25, 0.3) is 0 Å². The number of hydrogen-bond donors (Lipinski definition) is 1. The molecular weight excluding hydrogens is 280 g/mol. The van der Waals surface area contributed by atoms with Crippen molar-refractivity contribution >= 4 is 29.3 Å². The Kier molecular flexibility index (Phi) is 5.13. The molecule has 1 unspecified atom stereocenters. The van der Waals surface area contributed by atoms with Crippen LogP contribution in [0.2, 0.25) is 5.02 Å². The number of nitrogens with zero attached hydrogens (tertiary/aromatic N) is 1. The van der Waals surface area contributed by atoms with Crippen LogP contribution in [0.5, 0.6) is 0 Å². The van der Waals surface area contributed by atoms with Gasteiger partial charge in [0.15, 0.2) is 0 Å². The van der Waals surface area contributed by atoms with Crippen molar-refractivity contribution in [1.82, 2.24) is 10.2 Å². The minimum Gasteiger partial charge on any atom is -0.335 e. The molecule has 0 aliphatic carbocycles. The molecular formula is C14H19ClN2OS. The maximum absolute atomic E-state index is 12.5. The second-order valence-electron chi connectivity index (χ2n) is 4.96. The molecule has 3 nitrogen and oxygen atoms in total. The van der Waals surface area contributed by atoms with E-state index in [1.54, 1.807) is 11.8 Å². The van der Waals surface area contributed by atoms with Crippen LogP contribution in [0.15, 0.2) is 24.3 Å². The molecule has 2 rings (SSSR count). The number of rotatable bonds is 4. The van der Waals surface area contributed by atoms with E-state index in [1.165, 1.54) is 0 Å². The molecule has 1 aliphatic rings. The normalized spacial score (nSPS) is 18.8. The summed E-state index contributed by atoms with van der Waals surface area (Å²) in [5.41, 5.74) is 1.07. The molecule has 1 aromatic carbocycles. The summed E-state index contributed by atoms with van der Waals surface area (Å²) in [5, 5.41) is 3.95. The van der Waals surface area contributed by atoms with Gasteiger partial charge < -0.3 is 4.90 Å². The number of carbonyl (C=O) groups is 1. The smallest absolute Gasteiger partial charge is 0.241 e. The molecule has 0 saturated carbocycles. The molecule has 1 aromatic rings. The first kappa shape index (κ1) is 14.7. The van der Waals surface area contributed by atoms with E-state index in [0.29, 0.717) is 11.6 Å². The van der Waals surface area contributed by atoms with Gasteiger partial charge in [0, 0.05) is 29.2 Å². The average molecular weight is 299 g/mol. The van der Waals surface area contributed by atoms with Crippen LogP contribution >= 0.6 is 23.4 Å². The van der Waals surface area contributed by atoms with E-state index < -0.39 is 0 Å². The Hall–Kier alpha value is -0.710. The predicted molar refractivity (Wildman–Crippen MR) is 81.4 cm³/mol. The highest BCUT2D eigenvalue weighted by molar-refractivity contribution is 7.99. The third-order valence-corrected chi connectivity index (χ3v) is 4.34. The molecule has 0 aromatic heterocycles. The highest BCUT2D eigenvalue weighted by Gasteiger charge is 2.28. The third-order valence-electron chi connectivity index (χ3n) is 3.16. The number of nitrogens with one attached hydrogen (secondary N) is 1. The lowest BCUT2D eigenvalue weighted by molar-refractivity contribution is -0.135. The molecule has 1 saturated heterocycles. The van der Waals surface area contributed by atoms with Crippen molar-refractivity contribution < 1.29 is 4.79 Å². The molecule has 19 heavy (non-hydrogen) atoms. The number of thioether (sulfide) groups is 1. The monoisotopic (exact) mass is 298 g/mol. The van der Waals surface area contributed by atoms with E-state index in [2.05, 4.69) is 5.32 Å². The van der Waals surface area contributed by atoms with Gasteiger partial charge in [0.05, 0.1) is 6.04 Å². The molecule has 104 valence electrons. The predicted octanol–water partition coefficient (Wildman–Crippen LogP) is 2.74. The Morgan fingerprint density at radius 1 is 1.58 bits per heavy atom. The second-order valence-corrected chi connectivity index (χ2v) is 6.43. The van der Waals surface area contributed by atoms with E-state index >= 15 is 0 Å².